The van der Waals surface area contributed by atoms with Gasteiger partial charge >= 0.3 is 6.09 Å². The summed E-state index contributed by atoms with van der Waals surface area (Å²) in [5, 5.41) is 15.4. The number of nitrogens with one attached hydrogen (secondary N) is 2. The number of carbonyl (C=O) groups is 1. The Morgan fingerprint density at radius 1 is 1.28 bits per heavy atom. The van der Waals surface area contributed by atoms with Gasteiger partial charge in [-0.25, -0.2) is 9.78 Å². The molecular formula is C18H33N3O4. The van der Waals surface area contributed by atoms with Crippen molar-refractivity contribution in [2.45, 2.75) is 72.7 Å². The zero-order valence-electron chi connectivity index (χ0n) is 16.4. The van der Waals surface area contributed by atoms with Crippen molar-refractivity contribution in [2.75, 3.05) is 6.61 Å². The molecule has 1 amide bonds. The van der Waals surface area contributed by atoms with E-state index in [0.717, 1.165) is 0 Å². The van der Waals surface area contributed by atoms with Crippen LogP contribution in [0.3, 0.4) is 0 Å². The highest BCUT2D eigenvalue weighted by Crippen LogP contribution is 2.22. The molecule has 1 aromatic heterocycles. The molecule has 0 bridgehead atoms. The number of alkyl carbamates (subject to hydrolysis) is 1. The number of amides is 1. The fourth-order valence-electron chi connectivity index (χ4n) is 2.24. The Kier molecular flexibility index (Phi) is 7.89. The molecule has 0 aliphatic heterocycles. The molecule has 0 aromatic carbocycles. The van der Waals surface area contributed by atoms with Crippen molar-refractivity contribution in [1.29, 1.82) is 0 Å². The largest absolute Gasteiger partial charge is 0.444 e. The van der Waals surface area contributed by atoms with Crippen LogP contribution in [0.25, 0.3) is 0 Å². The van der Waals surface area contributed by atoms with Crippen LogP contribution in [0.1, 0.15) is 66.2 Å². The van der Waals surface area contributed by atoms with Crippen LogP contribution in [0, 0.1) is 11.8 Å². The van der Waals surface area contributed by atoms with Gasteiger partial charge in [-0.2, -0.15) is 0 Å². The van der Waals surface area contributed by atoms with Gasteiger partial charge in [0, 0.05) is 6.04 Å². The number of aliphatic hydroxyl groups is 1. The van der Waals surface area contributed by atoms with Gasteiger partial charge in [-0.15, -0.1) is 0 Å². The third kappa shape index (κ3) is 7.44. The number of carbonyl (C=O) groups excluding carboxylic acids is 1. The van der Waals surface area contributed by atoms with E-state index in [4.69, 9.17) is 9.15 Å². The predicted molar refractivity (Wildman–Crippen MR) is 96.0 cm³/mol. The van der Waals surface area contributed by atoms with Gasteiger partial charge < -0.3 is 24.9 Å². The van der Waals surface area contributed by atoms with Crippen molar-refractivity contribution in [3.63, 3.8) is 0 Å². The molecule has 144 valence electrons. The predicted octanol–water partition coefficient (Wildman–Crippen LogP) is 3.00. The second-order valence-corrected chi connectivity index (χ2v) is 7.95. The van der Waals surface area contributed by atoms with Crippen LogP contribution in [-0.2, 0) is 11.3 Å². The topological polar surface area (TPSA) is 96.6 Å². The van der Waals surface area contributed by atoms with E-state index in [-0.39, 0.29) is 24.6 Å². The molecule has 0 aliphatic rings. The Labute approximate surface area is 150 Å². The summed E-state index contributed by atoms with van der Waals surface area (Å²) in [6.07, 6.45) is 1.15. The molecule has 0 aliphatic carbocycles. The van der Waals surface area contributed by atoms with Crippen LogP contribution in [0.15, 0.2) is 10.6 Å². The summed E-state index contributed by atoms with van der Waals surface area (Å²) in [5.41, 5.74) is -0.562. The number of hydrogen-bond donors (Lipinski definition) is 3. The monoisotopic (exact) mass is 355 g/mol. The summed E-state index contributed by atoms with van der Waals surface area (Å²) in [5.74, 6) is 1.51. The highest BCUT2D eigenvalue weighted by atomic mass is 16.6. The quantitative estimate of drug-likeness (QED) is 0.663. The molecule has 1 rings (SSSR count). The van der Waals surface area contributed by atoms with E-state index in [9.17, 15) is 9.90 Å². The molecule has 1 heterocycles. The average Bonchev–Trinajstić information content (AvgIpc) is 2.91. The maximum Gasteiger partial charge on any atom is 0.408 e. The minimum atomic E-state index is -0.562. The molecule has 3 N–H and O–H groups in total. The highest BCUT2D eigenvalue weighted by molar-refractivity contribution is 5.68. The standard InChI is InChI=1S/C18H33N3O4/c1-11(2)14(10-22)19-8-13-9-20-16(24-13)15(12(3)4)21-17(23)25-18(5,6)7/h9,11-12,14-15,19,22H,8,10H2,1-7H3,(H,21,23)/t14-,15-/m0/s1. The van der Waals surface area contributed by atoms with Crippen LogP contribution in [0.5, 0.6) is 0 Å². The number of aromatic nitrogens is 1. The van der Waals surface area contributed by atoms with Gasteiger partial charge in [-0.1, -0.05) is 27.7 Å². The van der Waals surface area contributed by atoms with E-state index in [1.807, 2.05) is 48.5 Å². The lowest BCUT2D eigenvalue weighted by Gasteiger charge is -2.24. The maximum absolute atomic E-state index is 12.0. The van der Waals surface area contributed by atoms with Crippen molar-refractivity contribution >= 4 is 6.09 Å². The molecule has 0 spiro atoms. The van der Waals surface area contributed by atoms with Gasteiger partial charge in [-0.05, 0) is 32.6 Å². The molecule has 25 heavy (non-hydrogen) atoms. The highest BCUT2D eigenvalue weighted by Gasteiger charge is 2.26. The van der Waals surface area contributed by atoms with Crippen molar-refractivity contribution in [2.24, 2.45) is 11.8 Å². The Bertz CT molecular complexity index is 535. The average molecular weight is 355 g/mol. The molecule has 7 nitrogen and oxygen atoms in total. The summed E-state index contributed by atoms with van der Waals surface area (Å²) in [7, 11) is 0. The summed E-state index contributed by atoms with van der Waals surface area (Å²) in [4.78, 5) is 16.3. The van der Waals surface area contributed by atoms with Crippen molar-refractivity contribution < 1.29 is 19.1 Å². The minimum absolute atomic E-state index is 0.00525. The maximum atomic E-state index is 12.0. The van der Waals surface area contributed by atoms with Crippen molar-refractivity contribution in [3.05, 3.63) is 17.8 Å². The fraction of sp³-hybridized carbons (Fsp3) is 0.778. The van der Waals surface area contributed by atoms with Gasteiger partial charge in [0.25, 0.3) is 0 Å². The van der Waals surface area contributed by atoms with E-state index >= 15 is 0 Å². The Hall–Kier alpha value is -1.60. The molecule has 0 fully saturated rings. The van der Waals surface area contributed by atoms with Crippen molar-refractivity contribution in [1.82, 2.24) is 15.6 Å². The molecule has 0 radical (unpaired) electrons. The summed E-state index contributed by atoms with van der Waals surface area (Å²) < 4.78 is 11.1. The van der Waals surface area contributed by atoms with Crippen LogP contribution < -0.4 is 10.6 Å². The SMILES string of the molecule is CC(C)[C@H](CO)NCc1cnc([C@@H](NC(=O)OC(C)(C)C)C(C)C)o1. The van der Waals surface area contributed by atoms with E-state index in [1.165, 1.54) is 0 Å². The fourth-order valence-corrected chi connectivity index (χ4v) is 2.24. The van der Waals surface area contributed by atoms with E-state index in [2.05, 4.69) is 15.6 Å². The number of aliphatic hydroxyl groups excluding tert-OH is 1. The van der Waals surface area contributed by atoms with Gasteiger partial charge in [-0.3, -0.25) is 0 Å². The van der Waals surface area contributed by atoms with Gasteiger partial charge in [0.2, 0.25) is 5.89 Å². The second-order valence-electron chi connectivity index (χ2n) is 7.95. The zero-order valence-corrected chi connectivity index (χ0v) is 16.4. The van der Waals surface area contributed by atoms with Crippen LogP contribution >= 0.6 is 0 Å². The summed E-state index contributed by atoms with van der Waals surface area (Å²) in [6, 6.07) is -0.378. The Morgan fingerprint density at radius 3 is 2.40 bits per heavy atom. The van der Waals surface area contributed by atoms with Gasteiger partial charge in [0.15, 0.2) is 0 Å². The minimum Gasteiger partial charge on any atom is -0.444 e. The second kappa shape index (κ2) is 9.20. The number of nitrogens with zero attached hydrogens (tertiary/aromatic N) is 1. The van der Waals surface area contributed by atoms with Crippen LogP contribution in [0.4, 0.5) is 4.79 Å². The van der Waals surface area contributed by atoms with Crippen LogP contribution in [0.2, 0.25) is 0 Å². The van der Waals surface area contributed by atoms with E-state index in [1.54, 1.807) is 6.20 Å². The molecule has 0 saturated heterocycles. The molecule has 2 atom stereocenters. The Balaban J connectivity index is 2.73. The van der Waals surface area contributed by atoms with Crippen molar-refractivity contribution in [3.8, 4) is 0 Å². The number of hydrogen-bond acceptors (Lipinski definition) is 6. The Morgan fingerprint density at radius 2 is 1.92 bits per heavy atom. The third-order valence-corrected chi connectivity index (χ3v) is 3.72. The summed E-state index contributed by atoms with van der Waals surface area (Å²) in [6.45, 7) is 14.0. The molecule has 7 heteroatoms. The first-order valence-corrected chi connectivity index (χ1v) is 8.81. The first-order valence-electron chi connectivity index (χ1n) is 8.81. The molecular weight excluding hydrogens is 322 g/mol. The van der Waals surface area contributed by atoms with E-state index in [0.29, 0.717) is 24.1 Å². The third-order valence-electron chi connectivity index (χ3n) is 3.72. The van der Waals surface area contributed by atoms with E-state index < -0.39 is 11.7 Å². The molecule has 0 unspecified atom stereocenters. The van der Waals surface area contributed by atoms with Gasteiger partial charge in [0.1, 0.15) is 17.4 Å². The first kappa shape index (κ1) is 21.4. The first-order chi connectivity index (χ1) is 11.5. The molecule has 1 aromatic rings. The lowest BCUT2D eigenvalue weighted by Crippen LogP contribution is -2.37. The molecule has 0 saturated carbocycles. The summed E-state index contributed by atoms with van der Waals surface area (Å²) >= 11 is 0. The lowest BCUT2D eigenvalue weighted by atomic mass is 10.1. The normalized spacial score (nSPS) is 14.6. The lowest BCUT2D eigenvalue weighted by molar-refractivity contribution is 0.0478. The smallest absolute Gasteiger partial charge is 0.408 e. The van der Waals surface area contributed by atoms with Crippen LogP contribution in [-0.4, -0.2) is 34.4 Å². The number of rotatable bonds is 8. The zero-order chi connectivity index (χ0) is 19.2. The number of ether oxygens (including phenoxy) is 1. The number of oxazole rings is 1. The van der Waals surface area contributed by atoms with Gasteiger partial charge in [0.05, 0.1) is 19.3 Å².